The Labute approximate surface area is 167 Å². The SMILES string of the molecule is COC(=O)Nc1c(-c2ccc(-c3ccc(C4(C(=O)O)CC4)cc3)cc2)noc1C. The summed E-state index contributed by atoms with van der Waals surface area (Å²) in [6.45, 7) is 1.71. The molecule has 1 fully saturated rings. The van der Waals surface area contributed by atoms with Crippen LogP contribution in [0.15, 0.2) is 53.1 Å². The molecule has 148 valence electrons. The fourth-order valence-electron chi connectivity index (χ4n) is 3.42. The summed E-state index contributed by atoms with van der Waals surface area (Å²) >= 11 is 0. The normalized spacial score (nSPS) is 14.3. The standard InChI is InChI=1S/C22H20N2O5/c1-13-18(23-21(27)28-2)19(24-29-13)16-5-3-14(4-6-16)15-7-9-17(10-8-15)22(11-12-22)20(25)26/h3-10H,11-12H2,1-2H3,(H,23,27)(H,25,26). The highest BCUT2D eigenvalue weighted by molar-refractivity contribution is 5.91. The van der Waals surface area contributed by atoms with Crippen molar-refractivity contribution in [2.75, 3.05) is 12.4 Å². The number of carbonyl (C=O) groups excluding carboxylic acids is 1. The Kier molecular flexibility index (Phi) is 4.58. The monoisotopic (exact) mass is 392 g/mol. The molecule has 7 heteroatoms. The van der Waals surface area contributed by atoms with E-state index in [2.05, 4.69) is 15.2 Å². The average molecular weight is 392 g/mol. The first kappa shape index (κ1) is 18.7. The van der Waals surface area contributed by atoms with Crippen LogP contribution in [0.5, 0.6) is 0 Å². The van der Waals surface area contributed by atoms with Crippen LogP contribution in [0.4, 0.5) is 10.5 Å². The number of aromatic nitrogens is 1. The van der Waals surface area contributed by atoms with Gasteiger partial charge in [0.25, 0.3) is 0 Å². The summed E-state index contributed by atoms with van der Waals surface area (Å²) in [5.74, 6) is -0.272. The van der Waals surface area contributed by atoms with Gasteiger partial charge in [0, 0.05) is 5.56 Å². The molecule has 0 atom stereocenters. The highest BCUT2D eigenvalue weighted by atomic mass is 16.5. The highest BCUT2D eigenvalue weighted by Gasteiger charge is 2.51. The number of nitrogens with one attached hydrogen (secondary N) is 1. The van der Waals surface area contributed by atoms with Gasteiger partial charge in [0.05, 0.1) is 12.5 Å². The maximum Gasteiger partial charge on any atom is 0.411 e. The molecule has 7 nitrogen and oxygen atoms in total. The number of rotatable bonds is 5. The Morgan fingerprint density at radius 1 is 1.03 bits per heavy atom. The number of benzene rings is 2. The molecule has 1 aliphatic rings. The third-order valence-corrected chi connectivity index (χ3v) is 5.36. The molecule has 0 aliphatic heterocycles. The van der Waals surface area contributed by atoms with Crippen molar-refractivity contribution in [1.82, 2.24) is 5.16 Å². The van der Waals surface area contributed by atoms with Crippen LogP contribution in [0.1, 0.15) is 24.2 Å². The third-order valence-electron chi connectivity index (χ3n) is 5.36. The Hall–Kier alpha value is -3.61. The van der Waals surface area contributed by atoms with Gasteiger partial charge >= 0.3 is 12.1 Å². The first-order valence-corrected chi connectivity index (χ1v) is 9.20. The van der Waals surface area contributed by atoms with E-state index in [1.54, 1.807) is 6.92 Å². The van der Waals surface area contributed by atoms with E-state index in [1.807, 2.05) is 48.5 Å². The lowest BCUT2D eigenvalue weighted by Gasteiger charge is -2.11. The molecule has 0 radical (unpaired) electrons. The fraction of sp³-hybridized carbons (Fsp3) is 0.227. The van der Waals surface area contributed by atoms with Crippen LogP contribution in [0.3, 0.4) is 0 Å². The summed E-state index contributed by atoms with van der Waals surface area (Å²) in [4.78, 5) is 23.0. The van der Waals surface area contributed by atoms with Gasteiger partial charge in [-0.3, -0.25) is 10.1 Å². The van der Waals surface area contributed by atoms with Gasteiger partial charge in [-0.25, -0.2) is 4.79 Å². The maximum atomic E-state index is 11.6. The maximum absolute atomic E-state index is 11.6. The Morgan fingerprint density at radius 3 is 2.10 bits per heavy atom. The topological polar surface area (TPSA) is 102 Å². The number of nitrogens with zero attached hydrogens (tertiary/aromatic N) is 1. The Morgan fingerprint density at radius 2 is 1.59 bits per heavy atom. The predicted molar refractivity (Wildman–Crippen MR) is 107 cm³/mol. The third kappa shape index (κ3) is 3.35. The van der Waals surface area contributed by atoms with Crippen LogP contribution >= 0.6 is 0 Å². The van der Waals surface area contributed by atoms with E-state index in [0.717, 1.165) is 22.3 Å². The lowest BCUT2D eigenvalue weighted by atomic mass is 9.93. The largest absolute Gasteiger partial charge is 0.481 e. The molecular formula is C22H20N2O5. The second kappa shape index (κ2) is 7.09. The molecule has 29 heavy (non-hydrogen) atoms. The number of amides is 1. The summed E-state index contributed by atoms with van der Waals surface area (Å²) in [5, 5.41) is 16.1. The molecule has 3 aromatic rings. The number of hydrogen-bond donors (Lipinski definition) is 2. The molecule has 4 rings (SSSR count). The van der Waals surface area contributed by atoms with Crippen molar-refractivity contribution in [3.05, 3.63) is 59.9 Å². The van der Waals surface area contributed by atoms with E-state index in [4.69, 9.17) is 4.52 Å². The number of carbonyl (C=O) groups is 2. The van der Waals surface area contributed by atoms with E-state index in [0.29, 0.717) is 30.0 Å². The summed E-state index contributed by atoms with van der Waals surface area (Å²) < 4.78 is 9.86. The van der Waals surface area contributed by atoms with Crippen molar-refractivity contribution in [1.29, 1.82) is 0 Å². The smallest absolute Gasteiger partial charge is 0.411 e. The van der Waals surface area contributed by atoms with Crippen molar-refractivity contribution in [2.45, 2.75) is 25.2 Å². The molecule has 1 aliphatic carbocycles. The van der Waals surface area contributed by atoms with Crippen LogP contribution in [-0.4, -0.2) is 29.4 Å². The van der Waals surface area contributed by atoms with Gasteiger partial charge in [0.2, 0.25) is 0 Å². The van der Waals surface area contributed by atoms with Crippen LogP contribution in [0, 0.1) is 6.92 Å². The number of anilines is 1. The lowest BCUT2D eigenvalue weighted by molar-refractivity contribution is -0.140. The van der Waals surface area contributed by atoms with E-state index in [1.165, 1.54) is 7.11 Å². The van der Waals surface area contributed by atoms with Gasteiger partial charge in [-0.1, -0.05) is 53.7 Å². The van der Waals surface area contributed by atoms with Crippen molar-refractivity contribution >= 4 is 17.7 Å². The molecule has 2 N–H and O–H groups in total. The van der Waals surface area contributed by atoms with Gasteiger partial charge in [-0.15, -0.1) is 0 Å². The average Bonchev–Trinajstić information content (AvgIpc) is 3.48. The van der Waals surface area contributed by atoms with E-state index >= 15 is 0 Å². The first-order chi connectivity index (χ1) is 13.9. The molecule has 1 aromatic heterocycles. The number of aliphatic carboxylic acids is 1. The van der Waals surface area contributed by atoms with Crippen molar-refractivity contribution in [3.8, 4) is 22.4 Å². The molecule has 1 heterocycles. The second-order valence-electron chi connectivity index (χ2n) is 7.12. The molecule has 0 saturated heterocycles. The number of ether oxygens (including phenoxy) is 1. The van der Waals surface area contributed by atoms with Gasteiger partial charge in [-0.05, 0) is 36.5 Å². The number of methoxy groups -OCH3 is 1. The predicted octanol–water partition coefficient (Wildman–Crippen LogP) is 4.61. The Bertz CT molecular complexity index is 1060. The summed E-state index contributed by atoms with van der Waals surface area (Å²) in [6, 6.07) is 15.3. The lowest BCUT2D eigenvalue weighted by Crippen LogP contribution is -2.19. The summed E-state index contributed by atoms with van der Waals surface area (Å²) in [7, 11) is 1.29. The number of aryl methyl sites for hydroxylation is 1. The van der Waals surface area contributed by atoms with Gasteiger partial charge < -0.3 is 14.4 Å². The van der Waals surface area contributed by atoms with Crippen LogP contribution in [0.2, 0.25) is 0 Å². The Balaban J connectivity index is 1.58. The molecule has 1 amide bonds. The molecule has 0 spiro atoms. The number of carboxylic acids is 1. The summed E-state index contributed by atoms with van der Waals surface area (Å²) in [5.41, 5.74) is 3.91. The van der Waals surface area contributed by atoms with Gasteiger partial charge in [0.1, 0.15) is 11.4 Å². The minimum atomic E-state index is -0.756. The number of carboxylic acid groups (broad SMARTS) is 1. The highest BCUT2D eigenvalue weighted by Crippen LogP contribution is 2.48. The van der Waals surface area contributed by atoms with Crippen LogP contribution in [0.25, 0.3) is 22.4 Å². The van der Waals surface area contributed by atoms with Crippen LogP contribution < -0.4 is 5.32 Å². The van der Waals surface area contributed by atoms with Crippen molar-refractivity contribution in [2.24, 2.45) is 0 Å². The van der Waals surface area contributed by atoms with Gasteiger partial charge in [-0.2, -0.15) is 0 Å². The van der Waals surface area contributed by atoms with E-state index < -0.39 is 17.5 Å². The van der Waals surface area contributed by atoms with Crippen molar-refractivity contribution in [3.63, 3.8) is 0 Å². The van der Waals surface area contributed by atoms with E-state index in [9.17, 15) is 14.7 Å². The van der Waals surface area contributed by atoms with Crippen LogP contribution in [-0.2, 0) is 14.9 Å². The van der Waals surface area contributed by atoms with E-state index in [-0.39, 0.29) is 0 Å². The molecule has 0 unspecified atom stereocenters. The summed E-state index contributed by atoms with van der Waals surface area (Å²) in [6.07, 6.45) is 0.786. The van der Waals surface area contributed by atoms with Crippen molar-refractivity contribution < 1.29 is 24.0 Å². The molecule has 2 aromatic carbocycles. The molecule has 0 bridgehead atoms. The quantitative estimate of drug-likeness (QED) is 0.657. The number of hydrogen-bond acceptors (Lipinski definition) is 5. The zero-order valence-corrected chi connectivity index (χ0v) is 16.1. The fourth-order valence-corrected chi connectivity index (χ4v) is 3.42. The second-order valence-corrected chi connectivity index (χ2v) is 7.12. The van der Waals surface area contributed by atoms with Gasteiger partial charge in [0.15, 0.2) is 5.76 Å². The zero-order valence-electron chi connectivity index (χ0n) is 16.1. The molecular weight excluding hydrogens is 372 g/mol. The minimum Gasteiger partial charge on any atom is -0.481 e. The first-order valence-electron chi connectivity index (χ1n) is 9.20. The minimum absolute atomic E-state index is 0.470. The molecule has 1 saturated carbocycles. The zero-order chi connectivity index (χ0) is 20.6.